The molecule has 0 bridgehead atoms. The van der Waals surface area contributed by atoms with Gasteiger partial charge in [-0.2, -0.15) is 0 Å². The predicted octanol–water partition coefficient (Wildman–Crippen LogP) is 5.18. The number of fused-ring (bicyclic) bond motifs is 1. The van der Waals surface area contributed by atoms with Gasteiger partial charge in [-0.05, 0) is 37.9 Å². The molecule has 3 heterocycles. The summed E-state index contributed by atoms with van der Waals surface area (Å²) >= 11 is 1.51. The first-order valence-corrected chi connectivity index (χ1v) is 21.3. The summed E-state index contributed by atoms with van der Waals surface area (Å²) in [6, 6.07) is -0.758. The van der Waals surface area contributed by atoms with Crippen LogP contribution in [-0.4, -0.2) is 126 Å². The zero-order chi connectivity index (χ0) is 35.6. The fourth-order valence-electron chi connectivity index (χ4n) is 5.97. The molecule has 0 amide bonds. The lowest BCUT2D eigenvalue weighted by Gasteiger charge is -2.49. The average Bonchev–Trinajstić information content (AvgIpc) is 3.46. The molecule has 1 N–H and O–H groups in total. The molecule has 3 fully saturated rings. The topological polar surface area (TPSA) is 146 Å². The summed E-state index contributed by atoms with van der Waals surface area (Å²) < 4.78 is 85.8. The van der Waals surface area contributed by atoms with Crippen molar-refractivity contribution in [3.63, 3.8) is 0 Å². The molecule has 0 aliphatic carbocycles. The third kappa shape index (κ3) is 13.3. The first kappa shape index (κ1) is 42.7. The van der Waals surface area contributed by atoms with Crippen LogP contribution in [0.5, 0.6) is 0 Å². The van der Waals surface area contributed by atoms with Crippen LogP contribution in [0.2, 0.25) is 0 Å². The highest BCUT2D eigenvalue weighted by atomic mass is 32.2. The van der Waals surface area contributed by atoms with Gasteiger partial charge in [0.25, 0.3) is 0 Å². The van der Waals surface area contributed by atoms with Crippen LogP contribution in [0.3, 0.4) is 0 Å². The minimum Gasteiger partial charge on any atom is -0.424 e. The number of carbonyl (C=O) groups is 1. The summed E-state index contributed by atoms with van der Waals surface area (Å²) in [5.74, 6) is 0.664. The van der Waals surface area contributed by atoms with Crippen molar-refractivity contribution in [2.75, 3.05) is 51.1 Å². The fourth-order valence-corrected chi connectivity index (χ4v) is 8.36. The zero-order valence-electron chi connectivity index (χ0n) is 30.5. The molecule has 288 valence electrons. The van der Waals surface area contributed by atoms with E-state index in [1.807, 2.05) is 13.8 Å². The van der Waals surface area contributed by atoms with E-state index in [1.54, 1.807) is 0 Å². The maximum absolute atomic E-state index is 13.3. The first-order valence-electron chi connectivity index (χ1n) is 18.6. The summed E-state index contributed by atoms with van der Waals surface area (Å²) in [4.78, 5) is 12.5. The van der Waals surface area contributed by atoms with Crippen molar-refractivity contribution in [1.29, 1.82) is 0 Å². The summed E-state index contributed by atoms with van der Waals surface area (Å²) in [6.07, 6.45) is 0.402. The van der Waals surface area contributed by atoms with E-state index in [4.69, 9.17) is 42.6 Å². The lowest BCUT2D eigenvalue weighted by atomic mass is 9.96. The second-order valence-corrected chi connectivity index (χ2v) is 16.0. The van der Waals surface area contributed by atoms with Crippen LogP contribution in [0, 0.1) is 0 Å². The van der Waals surface area contributed by atoms with Crippen molar-refractivity contribution in [2.45, 2.75) is 160 Å². The summed E-state index contributed by atoms with van der Waals surface area (Å²) in [6.45, 7) is 14.4. The van der Waals surface area contributed by atoms with Crippen molar-refractivity contribution in [2.24, 2.45) is 0 Å². The van der Waals surface area contributed by atoms with E-state index in [0.717, 1.165) is 51.4 Å². The van der Waals surface area contributed by atoms with E-state index in [0.29, 0.717) is 38.6 Å². The van der Waals surface area contributed by atoms with Gasteiger partial charge in [0.2, 0.25) is 10.0 Å². The van der Waals surface area contributed by atoms with Gasteiger partial charge in [0, 0.05) is 26.4 Å². The first-order chi connectivity index (χ1) is 23.7. The van der Waals surface area contributed by atoms with Crippen LogP contribution in [0.1, 0.15) is 99.3 Å². The number of carbonyl (C=O) groups excluding carboxylic acids is 1. The maximum atomic E-state index is 13.3. The van der Waals surface area contributed by atoms with Crippen LogP contribution in [0.4, 0.5) is 4.79 Å². The lowest BCUT2D eigenvalue weighted by Crippen LogP contribution is -2.67. The number of hydrogen-bond acceptors (Lipinski definition) is 13. The van der Waals surface area contributed by atoms with Crippen LogP contribution in [0.25, 0.3) is 0 Å². The molecule has 49 heavy (non-hydrogen) atoms. The van der Waals surface area contributed by atoms with Crippen molar-refractivity contribution in [1.82, 2.24) is 4.72 Å². The van der Waals surface area contributed by atoms with E-state index < -0.39 is 76.7 Å². The summed E-state index contributed by atoms with van der Waals surface area (Å²) in [5.41, 5.74) is -0.556. The van der Waals surface area contributed by atoms with E-state index in [9.17, 15) is 13.2 Å². The summed E-state index contributed by atoms with van der Waals surface area (Å²) in [7, 11) is -3.67. The van der Waals surface area contributed by atoms with Gasteiger partial charge in [0.1, 0.15) is 36.0 Å². The number of rotatable bonds is 26. The predicted molar refractivity (Wildman–Crippen MR) is 187 cm³/mol. The van der Waals surface area contributed by atoms with Gasteiger partial charge in [-0.1, -0.05) is 67.2 Å². The normalized spacial score (nSPS) is 31.8. The standard InChI is InChI=1S/C34H63NO12S2/c1-7-13-17-39-22-24-28-30(47-34(36)46-28)31(42-20-16-10-4)32(43-24)45-27-25(23-40-18-14-8-2)44-33(48-12-6)26(29(27)41-19-15-9-3)35-49(37,38)21-11-5/h24-33,35H,7-23H2,1-6H3/t24?,25?,26-,27+,28?,29?,30+,31-,32?,33?/m0/s1. The second-order valence-electron chi connectivity index (χ2n) is 12.8. The van der Waals surface area contributed by atoms with Gasteiger partial charge < -0.3 is 42.6 Å². The Bertz CT molecular complexity index is 1020. The molecule has 0 saturated carbocycles. The Labute approximate surface area is 298 Å². The van der Waals surface area contributed by atoms with Gasteiger partial charge in [-0.25, -0.2) is 17.9 Å². The number of unbranched alkanes of at least 4 members (excludes halogenated alkanes) is 4. The number of sulfonamides is 1. The number of nitrogens with one attached hydrogen (secondary N) is 1. The minimum absolute atomic E-state index is 0.0308. The monoisotopic (exact) mass is 741 g/mol. The SMILES string of the molecule is CCCCOCC1OC(O[C@@H]2C(COCCCC)OC(SCC)[C@@H](NS(=O)(=O)CCC)C2OCCCC)[C@@H](OCCCC)[C@@H]2OC(=O)OC12. The summed E-state index contributed by atoms with van der Waals surface area (Å²) in [5, 5.41) is 0. The third-order valence-electron chi connectivity index (χ3n) is 8.58. The number of thioether (sulfide) groups is 1. The molecule has 6 unspecified atom stereocenters. The Morgan fingerprint density at radius 3 is 1.86 bits per heavy atom. The Balaban J connectivity index is 2.03. The highest BCUT2D eigenvalue weighted by molar-refractivity contribution is 7.99. The van der Waals surface area contributed by atoms with Crippen LogP contribution in [-0.2, 0) is 52.7 Å². The number of hydrogen-bond donors (Lipinski definition) is 1. The minimum atomic E-state index is -3.67. The molecular formula is C34H63NO12S2. The van der Waals surface area contributed by atoms with E-state index in [-0.39, 0.29) is 19.0 Å². The molecule has 0 spiro atoms. The largest absolute Gasteiger partial charge is 0.509 e. The van der Waals surface area contributed by atoms with Gasteiger partial charge in [0.15, 0.2) is 18.5 Å². The Hall–Kier alpha value is -0.750. The third-order valence-corrected chi connectivity index (χ3v) is 11.2. The zero-order valence-corrected chi connectivity index (χ0v) is 32.1. The molecule has 13 nitrogen and oxygen atoms in total. The molecule has 0 radical (unpaired) electrons. The van der Waals surface area contributed by atoms with Crippen molar-refractivity contribution in [3.05, 3.63) is 0 Å². The van der Waals surface area contributed by atoms with Gasteiger partial charge in [0.05, 0.1) is 25.0 Å². The molecule has 0 aromatic rings. The molecule has 3 aliphatic heterocycles. The quantitative estimate of drug-likeness (QED) is 0.0919. The van der Waals surface area contributed by atoms with Crippen molar-refractivity contribution in [3.8, 4) is 0 Å². The number of ether oxygens (including phenoxy) is 9. The smallest absolute Gasteiger partial charge is 0.424 e. The second kappa shape index (κ2) is 23.0. The molecule has 3 saturated heterocycles. The molecule has 3 aliphatic rings. The maximum Gasteiger partial charge on any atom is 0.509 e. The van der Waals surface area contributed by atoms with Crippen LogP contribution in [0.15, 0.2) is 0 Å². The Morgan fingerprint density at radius 1 is 0.694 bits per heavy atom. The Morgan fingerprint density at radius 2 is 1.27 bits per heavy atom. The van der Waals surface area contributed by atoms with E-state index >= 15 is 0 Å². The molecular weight excluding hydrogens is 679 g/mol. The lowest BCUT2D eigenvalue weighted by molar-refractivity contribution is -0.331. The van der Waals surface area contributed by atoms with E-state index in [2.05, 4.69) is 32.4 Å². The van der Waals surface area contributed by atoms with Gasteiger partial charge in [-0.3, -0.25) is 0 Å². The van der Waals surface area contributed by atoms with Crippen molar-refractivity contribution >= 4 is 27.9 Å². The van der Waals surface area contributed by atoms with E-state index in [1.165, 1.54) is 11.8 Å². The molecule has 0 aromatic heterocycles. The van der Waals surface area contributed by atoms with Crippen LogP contribution >= 0.6 is 11.8 Å². The average molecular weight is 742 g/mol. The highest BCUT2D eigenvalue weighted by Gasteiger charge is 2.58. The Kier molecular flexibility index (Phi) is 20.0. The van der Waals surface area contributed by atoms with Gasteiger partial charge in [-0.15, -0.1) is 11.8 Å². The van der Waals surface area contributed by atoms with Crippen LogP contribution < -0.4 is 4.72 Å². The molecule has 10 atom stereocenters. The molecule has 15 heteroatoms. The van der Waals surface area contributed by atoms with Gasteiger partial charge >= 0.3 is 6.16 Å². The fraction of sp³-hybridized carbons (Fsp3) is 0.971. The molecule has 0 aromatic carbocycles. The van der Waals surface area contributed by atoms with Crippen molar-refractivity contribution < 1.29 is 55.8 Å². The highest BCUT2D eigenvalue weighted by Crippen LogP contribution is 2.38. The molecule has 3 rings (SSSR count).